The standard InChI is InChI=1S/C20H20FN5/c21-16-9-10-25(13-17(16)23)20-24-18-3-1-2-4-19(18)26(20)12-15-7-5-14(11-22)6-8-15/h1-8,16-17H,9-10,12-13,23H2/t16-,17-/m0/s1. The van der Waals surface area contributed by atoms with Crippen LogP contribution in [0.25, 0.3) is 11.0 Å². The number of halogens is 1. The highest BCUT2D eigenvalue weighted by atomic mass is 19.1. The third-order valence-electron chi connectivity index (χ3n) is 4.91. The molecule has 6 heteroatoms. The van der Waals surface area contributed by atoms with Gasteiger partial charge in [0.05, 0.1) is 35.3 Å². The summed E-state index contributed by atoms with van der Waals surface area (Å²) in [6, 6.07) is 17.2. The molecule has 1 aromatic heterocycles. The normalized spacial score (nSPS) is 20.3. The number of nitrogens with zero attached hydrogens (tertiary/aromatic N) is 4. The third kappa shape index (κ3) is 3.02. The van der Waals surface area contributed by atoms with Gasteiger partial charge in [-0.05, 0) is 36.2 Å². The number of nitrogens with two attached hydrogens (primary N) is 1. The van der Waals surface area contributed by atoms with Crippen molar-refractivity contribution in [1.29, 1.82) is 5.26 Å². The molecule has 5 nitrogen and oxygen atoms in total. The molecule has 0 saturated carbocycles. The van der Waals surface area contributed by atoms with E-state index in [0.29, 0.717) is 31.6 Å². The molecule has 0 amide bonds. The molecule has 3 aromatic rings. The van der Waals surface area contributed by atoms with Crippen molar-refractivity contribution in [2.45, 2.75) is 25.2 Å². The van der Waals surface area contributed by atoms with E-state index in [1.807, 2.05) is 48.5 Å². The Labute approximate surface area is 151 Å². The molecular weight excluding hydrogens is 329 g/mol. The Morgan fingerprint density at radius 1 is 1.19 bits per heavy atom. The molecule has 2 heterocycles. The van der Waals surface area contributed by atoms with E-state index in [1.54, 1.807) is 0 Å². The first kappa shape index (κ1) is 16.6. The summed E-state index contributed by atoms with van der Waals surface area (Å²) in [5, 5.41) is 8.97. The second-order valence-corrected chi connectivity index (χ2v) is 6.71. The van der Waals surface area contributed by atoms with E-state index >= 15 is 0 Å². The van der Waals surface area contributed by atoms with E-state index in [0.717, 1.165) is 22.5 Å². The maximum absolute atomic E-state index is 13.8. The molecule has 2 atom stereocenters. The number of benzene rings is 2. The highest BCUT2D eigenvalue weighted by Crippen LogP contribution is 2.27. The van der Waals surface area contributed by atoms with Crippen LogP contribution in [-0.2, 0) is 6.54 Å². The van der Waals surface area contributed by atoms with Gasteiger partial charge < -0.3 is 15.2 Å². The zero-order chi connectivity index (χ0) is 18.1. The van der Waals surface area contributed by atoms with Gasteiger partial charge in [-0.15, -0.1) is 0 Å². The minimum atomic E-state index is -0.956. The number of piperidine rings is 1. The molecule has 2 N–H and O–H groups in total. The van der Waals surface area contributed by atoms with Gasteiger partial charge in [-0.25, -0.2) is 9.37 Å². The summed E-state index contributed by atoms with van der Waals surface area (Å²) < 4.78 is 15.9. The fourth-order valence-electron chi connectivity index (χ4n) is 3.46. The van der Waals surface area contributed by atoms with Crippen LogP contribution < -0.4 is 10.6 Å². The molecule has 132 valence electrons. The highest BCUT2D eigenvalue weighted by Gasteiger charge is 2.29. The Morgan fingerprint density at radius 3 is 2.69 bits per heavy atom. The van der Waals surface area contributed by atoms with E-state index in [9.17, 15) is 4.39 Å². The maximum Gasteiger partial charge on any atom is 0.206 e. The molecule has 2 aromatic carbocycles. The Bertz CT molecular complexity index is 956. The predicted molar refractivity (Wildman–Crippen MR) is 99.7 cm³/mol. The molecule has 0 unspecified atom stereocenters. The van der Waals surface area contributed by atoms with Gasteiger partial charge in [0, 0.05) is 13.1 Å². The predicted octanol–water partition coefficient (Wildman–Crippen LogP) is 2.83. The Hall–Kier alpha value is -2.91. The van der Waals surface area contributed by atoms with E-state index < -0.39 is 12.2 Å². The smallest absolute Gasteiger partial charge is 0.206 e. The van der Waals surface area contributed by atoms with Crippen LogP contribution in [0.5, 0.6) is 0 Å². The first-order valence-corrected chi connectivity index (χ1v) is 8.74. The summed E-state index contributed by atoms with van der Waals surface area (Å²) in [7, 11) is 0. The lowest BCUT2D eigenvalue weighted by atomic mass is 10.1. The summed E-state index contributed by atoms with van der Waals surface area (Å²) in [4.78, 5) is 6.86. The monoisotopic (exact) mass is 349 g/mol. The lowest BCUT2D eigenvalue weighted by molar-refractivity contribution is 0.243. The Morgan fingerprint density at radius 2 is 1.96 bits per heavy atom. The second-order valence-electron chi connectivity index (χ2n) is 6.71. The molecule has 1 fully saturated rings. The molecule has 0 bridgehead atoms. The summed E-state index contributed by atoms with van der Waals surface area (Å²) in [5.74, 6) is 0.818. The van der Waals surface area contributed by atoms with Crippen molar-refractivity contribution in [2.75, 3.05) is 18.0 Å². The van der Waals surface area contributed by atoms with Crippen LogP contribution in [0.1, 0.15) is 17.5 Å². The van der Waals surface area contributed by atoms with Gasteiger partial charge in [0.15, 0.2) is 0 Å². The molecule has 0 aliphatic carbocycles. The number of hydrogen-bond donors (Lipinski definition) is 1. The van der Waals surface area contributed by atoms with Crippen molar-refractivity contribution in [3.8, 4) is 6.07 Å². The highest BCUT2D eigenvalue weighted by molar-refractivity contribution is 5.79. The molecule has 1 saturated heterocycles. The number of anilines is 1. The molecule has 0 spiro atoms. The van der Waals surface area contributed by atoms with Crippen LogP contribution in [0, 0.1) is 11.3 Å². The average molecular weight is 349 g/mol. The van der Waals surface area contributed by atoms with Gasteiger partial charge in [0.25, 0.3) is 0 Å². The Balaban J connectivity index is 1.73. The number of imidazole rings is 1. The van der Waals surface area contributed by atoms with Crippen molar-refractivity contribution in [3.05, 3.63) is 59.7 Å². The van der Waals surface area contributed by atoms with E-state index in [-0.39, 0.29) is 0 Å². The molecular formula is C20H20FN5. The minimum Gasteiger partial charge on any atom is -0.340 e. The molecule has 1 aliphatic heterocycles. The molecule has 1 aliphatic rings. The quantitative estimate of drug-likeness (QED) is 0.789. The summed E-state index contributed by atoms with van der Waals surface area (Å²) in [5.41, 5.74) is 9.61. The van der Waals surface area contributed by atoms with Crippen LogP contribution >= 0.6 is 0 Å². The van der Waals surface area contributed by atoms with E-state index in [2.05, 4.69) is 15.5 Å². The van der Waals surface area contributed by atoms with Crippen LogP contribution in [0.15, 0.2) is 48.5 Å². The van der Waals surface area contributed by atoms with Crippen molar-refractivity contribution >= 4 is 17.0 Å². The van der Waals surface area contributed by atoms with Crippen LogP contribution in [-0.4, -0.2) is 34.9 Å². The van der Waals surface area contributed by atoms with Crippen LogP contribution in [0.4, 0.5) is 10.3 Å². The van der Waals surface area contributed by atoms with Gasteiger partial charge in [0.2, 0.25) is 5.95 Å². The number of fused-ring (bicyclic) bond motifs is 1. The van der Waals surface area contributed by atoms with Gasteiger partial charge in [-0.3, -0.25) is 0 Å². The molecule has 26 heavy (non-hydrogen) atoms. The van der Waals surface area contributed by atoms with Crippen molar-refractivity contribution in [1.82, 2.24) is 9.55 Å². The largest absolute Gasteiger partial charge is 0.340 e. The Kier molecular flexibility index (Phi) is 4.31. The first-order valence-electron chi connectivity index (χ1n) is 8.74. The fourth-order valence-corrected chi connectivity index (χ4v) is 3.46. The first-order chi connectivity index (χ1) is 12.7. The number of para-hydroxylation sites is 2. The van der Waals surface area contributed by atoms with Gasteiger partial charge in [-0.2, -0.15) is 5.26 Å². The van der Waals surface area contributed by atoms with E-state index in [1.165, 1.54) is 0 Å². The number of aromatic nitrogens is 2. The number of alkyl halides is 1. The van der Waals surface area contributed by atoms with Crippen LogP contribution in [0.2, 0.25) is 0 Å². The van der Waals surface area contributed by atoms with Crippen LogP contribution in [0.3, 0.4) is 0 Å². The van der Waals surface area contributed by atoms with Gasteiger partial charge in [-0.1, -0.05) is 24.3 Å². The zero-order valence-electron chi connectivity index (χ0n) is 14.3. The number of rotatable bonds is 3. The van der Waals surface area contributed by atoms with Crippen molar-refractivity contribution in [3.63, 3.8) is 0 Å². The lowest BCUT2D eigenvalue weighted by Crippen LogP contribution is -2.50. The summed E-state index contributed by atoms with van der Waals surface area (Å²) in [6.07, 6.45) is -0.538. The fraction of sp³-hybridized carbons (Fsp3) is 0.300. The lowest BCUT2D eigenvalue weighted by Gasteiger charge is -2.34. The zero-order valence-corrected chi connectivity index (χ0v) is 14.3. The number of hydrogen-bond acceptors (Lipinski definition) is 4. The topological polar surface area (TPSA) is 70.9 Å². The third-order valence-corrected chi connectivity index (χ3v) is 4.91. The van der Waals surface area contributed by atoms with Gasteiger partial charge >= 0.3 is 0 Å². The maximum atomic E-state index is 13.8. The number of nitriles is 1. The van der Waals surface area contributed by atoms with E-state index in [4.69, 9.17) is 16.0 Å². The average Bonchev–Trinajstić information content (AvgIpc) is 3.03. The molecule has 4 rings (SSSR count). The van der Waals surface area contributed by atoms with Crippen molar-refractivity contribution < 1.29 is 4.39 Å². The molecule has 0 radical (unpaired) electrons. The summed E-state index contributed by atoms with van der Waals surface area (Å²) in [6.45, 7) is 1.69. The second kappa shape index (κ2) is 6.77. The van der Waals surface area contributed by atoms with Crippen molar-refractivity contribution in [2.24, 2.45) is 5.73 Å². The SMILES string of the molecule is N#Cc1ccc(Cn2c(N3CC[C@H](F)[C@@H](N)C3)nc3ccccc32)cc1. The van der Waals surface area contributed by atoms with Gasteiger partial charge in [0.1, 0.15) is 6.17 Å². The minimum absolute atomic E-state index is 0.418. The summed E-state index contributed by atoms with van der Waals surface area (Å²) >= 11 is 0.